The van der Waals surface area contributed by atoms with E-state index in [0.29, 0.717) is 12.1 Å². The molecule has 0 radical (unpaired) electrons. The molecule has 1 atom stereocenters. The smallest absolute Gasteiger partial charge is 0.262 e. The van der Waals surface area contributed by atoms with Gasteiger partial charge in [-0.05, 0) is 49.1 Å². The van der Waals surface area contributed by atoms with E-state index in [9.17, 15) is 14.4 Å². The molecule has 0 bridgehead atoms. The van der Waals surface area contributed by atoms with Gasteiger partial charge in [-0.2, -0.15) is 0 Å². The Hall–Kier alpha value is -2.37. The van der Waals surface area contributed by atoms with E-state index in [2.05, 4.69) is 5.32 Å². The number of carbonyl (C=O) groups is 3. The van der Waals surface area contributed by atoms with Gasteiger partial charge in [-0.1, -0.05) is 49.2 Å². The lowest BCUT2D eigenvalue weighted by Gasteiger charge is -2.26. The van der Waals surface area contributed by atoms with Crippen molar-refractivity contribution >= 4 is 46.6 Å². The van der Waals surface area contributed by atoms with Crippen LogP contribution >= 0.6 is 23.2 Å². The van der Waals surface area contributed by atoms with Crippen LogP contribution in [0.5, 0.6) is 0 Å². The summed E-state index contributed by atoms with van der Waals surface area (Å²) >= 11 is 12.0. The van der Waals surface area contributed by atoms with Crippen LogP contribution in [0.1, 0.15) is 46.5 Å². The quantitative estimate of drug-likeness (QED) is 0.698. The monoisotopic (exact) mass is 418 g/mol. The average Bonchev–Trinajstić information content (AvgIpc) is 2.84. The van der Waals surface area contributed by atoms with Gasteiger partial charge in [0.1, 0.15) is 6.04 Å². The van der Waals surface area contributed by atoms with Crippen LogP contribution < -0.4 is 5.32 Å². The molecule has 0 aliphatic carbocycles. The van der Waals surface area contributed by atoms with Crippen LogP contribution in [0.25, 0.3) is 0 Å². The maximum atomic E-state index is 13.0. The fraction of sp³-hybridized carbons (Fsp3) is 0.286. The number of imide groups is 1. The van der Waals surface area contributed by atoms with Crippen molar-refractivity contribution in [2.45, 2.75) is 33.2 Å². The highest BCUT2D eigenvalue weighted by molar-refractivity contribution is 6.43. The lowest BCUT2D eigenvalue weighted by Crippen LogP contribution is -2.47. The van der Waals surface area contributed by atoms with E-state index >= 15 is 0 Å². The van der Waals surface area contributed by atoms with Gasteiger partial charge < -0.3 is 5.32 Å². The third-order valence-corrected chi connectivity index (χ3v) is 5.28. The molecule has 7 heteroatoms. The molecule has 28 heavy (non-hydrogen) atoms. The Labute approximate surface area is 173 Å². The molecule has 0 spiro atoms. The summed E-state index contributed by atoms with van der Waals surface area (Å²) in [7, 11) is 0. The molecule has 0 saturated heterocycles. The molecule has 0 fully saturated rings. The van der Waals surface area contributed by atoms with Gasteiger partial charge in [-0.25, -0.2) is 0 Å². The van der Waals surface area contributed by atoms with Crippen LogP contribution in [0.15, 0.2) is 36.4 Å². The number of aryl methyl sites for hydroxylation is 1. The molecule has 2 aromatic carbocycles. The number of benzene rings is 2. The Bertz CT molecular complexity index is 931. The van der Waals surface area contributed by atoms with Crippen molar-refractivity contribution < 1.29 is 14.4 Å². The fourth-order valence-electron chi connectivity index (χ4n) is 3.26. The van der Waals surface area contributed by atoms with Crippen molar-refractivity contribution in [2.24, 2.45) is 5.92 Å². The summed E-state index contributed by atoms with van der Waals surface area (Å²) in [5, 5.41) is 3.19. The molecule has 146 valence electrons. The molecule has 5 nitrogen and oxygen atoms in total. The number of fused-ring (bicyclic) bond motifs is 1. The minimum atomic E-state index is -0.939. The van der Waals surface area contributed by atoms with Crippen molar-refractivity contribution in [2.75, 3.05) is 5.32 Å². The molecule has 0 aromatic heterocycles. The molecule has 3 rings (SSSR count). The topological polar surface area (TPSA) is 66.5 Å². The first-order valence-electron chi connectivity index (χ1n) is 8.93. The van der Waals surface area contributed by atoms with Gasteiger partial charge in [0.2, 0.25) is 5.91 Å². The van der Waals surface area contributed by atoms with Crippen LogP contribution in [0.2, 0.25) is 10.0 Å². The van der Waals surface area contributed by atoms with Gasteiger partial charge >= 0.3 is 0 Å². The minimum absolute atomic E-state index is 0.0877. The van der Waals surface area contributed by atoms with Gasteiger partial charge in [0, 0.05) is 5.69 Å². The number of nitrogens with one attached hydrogen (secondary N) is 1. The second-order valence-corrected chi connectivity index (χ2v) is 8.11. The summed E-state index contributed by atoms with van der Waals surface area (Å²) in [5.41, 5.74) is 1.93. The first-order chi connectivity index (χ1) is 13.2. The average molecular weight is 419 g/mol. The van der Waals surface area contributed by atoms with E-state index in [1.165, 1.54) is 12.1 Å². The number of anilines is 1. The third-order valence-electron chi connectivity index (χ3n) is 4.55. The van der Waals surface area contributed by atoms with Gasteiger partial charge in [0.25, 0.3) is 11.8 Å². The Morgan fingerprint density at radius 3 is 2.11 bits per heavy atom. The van der Waals surface area contributed by atoms with Crippen LogP contribution in [-0.4, -0.2) is 28.7 Å². The highest BCUT2D eigenvalue weighted by Crippen LogP contribution is 2.33. The predicted octanol–water partition coefficient (Wildman–Crippen LogP) is 4.95. The predicted molar refractivity (Wildman–Crippen MR) is 110 cm³/mol. The zero-order chi connectivity index (χ0) is 20.6. The van der Waals surface area contributed by atoms with E-state index in [-0.39, 0.29) is 27.1 Å². The lowest BCUT2D eigenvalue weighted by molar-refractivity contribution is -0.120. The van der Waals surface area contributed by atoms with Crippen LogP contribution in [0, 0.1) is 12.8 Å². The molecule has 1 unspecified atom stereocenters. The van der Waals surface area contributed by atoms with Gasteiger partial charge in [0.05, 0.1) is 21.2 Å². The second-order valence-electron chi connectivity index (χ2n) is 7.30. The summed E-state index contributed by atoms with van der Waals surface area (Å²) < 4.78 is 0. The number of hydrogen-bond donors (Lipinski definition) is 1. The Balaban J connectivity index is 1.94. The maximum absolute atomic E-state index is 13.0. The van der Waals surface area contributed by atoms with Crippen molar-refractivity contribution in [3.63, 3.8) is 0 Å². The molecular formula is C21H20Cl2N2O3. The minimum Gasteiger partial charge on any atom is -0.324 e. The van der Waals surface area contributed by atoms with E-state index < -0.39 is 23.8 Å². The second kappa shape index (κ2) is 7.94. The van der Waals surface area contributed by atoms with Gasteiger partial charge in [0.15, 0.2) is 0 Å². The van der Waals surface area contributed by atoms with Crippen LogP contribution in [-0.2, 0) is 4.79 Å². The summed E-state index contributed by atoms with van der Waals surface area (Å²) in [4.78, 5) is 39.9. The van der Waals surface area contributed by atoms with Gasteiger partial charge in [-0.15, -0.1) is 0 Å². The number of rotatable bonds is 5. The fourth-order valence-corrected chi connectivity index (χ4v) is 3.59. The number of nitrogens with zero attached hydrogens (tertiary/aromatic N) is 1. The Morgan fingerprint density at radius 2 is 1.61 bits per heavy atom. The summed E-state index contributed by atoms with van der Waals surface area (Å²) in [6.45, 7) is 5.77. The van der Waals surface area contributed by atoms with Crippen molar-refractivity contribution in [3.05, 3.63) is 63.1 Å². The zero-order valence-corrected chi connectivity index (χ0v) is 17.3. The standard InChI is InChI=1S/C21H20Cl2N2O3/c1-11(2)7-18(19(26)24-13-6-4-5-12(3)8-13)25-20(27)14-9-16(22)17(23)10-15(14)21(25)28/h4-6,8-11,18H,7H2,1-3H3,(H,24,26). The van der Waals surface area contributed by atoms with Crippen molar-refractivity contribution in [1.82, 2.24) is 4.90 Å². The molecule has 1 aliphatic rings. The van der Waals surface area contributed by atoms with E-state index in [0.717, 1.165) is 10.5 Å². The number of halogens is 2. The first-order valence-corrected chi connectivity index (χ1v) is 9.69. The van der Waals surface area contributed by atoms with E-state index in [1.807, 2.05) is 39.0 Å². The van der Waals surface area contributed by atoms with Crippen LogP contribution in [0.4, 0.5) is 5.69 Å². The maximum Gasteiger partial charge on any atom is 0.262 e. The largest absolute Gasteiger partial charge is 0.324 e. The zero-order valence-electron chi connectivity index (χ0n) is 15.8. The normalized spacial score (nSPS) is 14.4. The van der Waals surface area contributed by atoms with E-state index in [1.54, 1.807) is 6.07 Å². The Morgan fingerprint density at radius 1 is 1.04 bits per heavy atom. The number of hydrogen-bond acceptors (Lipinski definition) is 3. The molecular weight excluding hydrogens is 399 g/mol. The lowest BCUT2D eigenvalue weighted by atomic mass is 10.0. The SMILES string of the molecule is Cc1cccc(NC(=O)C(CC(C)C)N2C(=O)c3cc(Cl)c(Cl)cc3C2=O)c1. The third kappa shape index (κ3) is 3.91. The Kier molecular flexibility index (Phi) is 5.77. The molecule has 1 heterocycles. The van der Waals surface area contributed by atoms with Gasteiger partial charge in [-0.3, -0.25) is 19.3 Å². The molecule has 0 saturated carbocycles. The summed E-state index contributed by atoms with van der Waals surface area (Å²) in [6, 6.07) is 9.15. The number of carbonyl (C=O) groups excluding carboxylic acids is 3. The molecule has 3 amide bonds. The van der Waals surface area contributed by atoms with Crippen molar-refractivity contribution in [1.29, 1.82) is 0 Å². The molecule has 2 aromatic rings. The molecule has 1 aliphatic heterocycles. The summed E-state index contributed by atoms with van der Waals surface area (Å²) in [5.74, 6) is -1.40. The van der Waals surface area contributed by atoms with E-state index in [4.69, 9.17) is 23.2 Å². The van der Waals surface area contributed by atoms with Crippen molar-refractivity contribution in [3.8, 4) is 0 Å². The van der Waals surface area contributed by atoms with Crippen LogP contribution in [0.3, 0.4) is 0 Å². The number of amides is 3. The first kappa shape index (κ1) is 20.4. The summed E-state index contributed by atoms with van der Waals surface area (Å²) in [6.07, 6.45) is 0.338. The highest BCUT2D eigenvalue weighted by atomic mass is 35.5. The highest BCUT2D eigenvalue weighted by Gasteiger charge is 2.43. The molecule has 1 N–H and O–H groups in total.